The minimum atomic E-state index is -0.271. The summed E-state index contributed by atoms with van der Waals surface area (Å²) < 4.78 is 12.5. The summed E-state index contributed by atoms with van der Waals surface area (Å²) in [6.07, 6.45) is 1.29. The normalized spacial score (nSPS) is 10.9. The maximum atomic E-state index is 13.6. The molecule has 0 bridgehead atoms. The van der Waals surface area contributed by atoms with Crippen LogP contribution in [0.4, 0.5) is 5.69 Å². The Bertz CT molecular complexity index is 1470. The molecule has 0 aliphatic rings. The number of pyridine rings is 1. The maximum Gasteiger partial charge on any atom is 0.254 e. The third-order valence-corrected chi connectivity index (χ3v) is 6.57. The number of anilines is 1. The van der Waals surface area contributed by atoms with Gasteiger partial charge >= 0.3 is 0 Å². The van der Waals surface area contributed by atoms with E-state index in [9.17, 15) is 9.59 Å². The topological polar surface area (TPSA) is 69.6 Å². The molecule has 3 aromatic carbocycles. The highest BCUT2D eigenvalue weighted by molar-refractivity contribution is 5.92. The van der Waals surface area contributed by atoms with Crippen LogP contribution in [0.3, 0.4) is 0 Å². The van der Waals surface area contributed by atoms with E-state index in [0.717, 1.165) is 28.5 Å². The van der Waals surface area contributed by atoms with Crippen LogP contribution >= 0.6 is 0 Å². The second-order valence-electron chi connectivity index (χ2n) is 9.16. The molecule has 0 aliphatic carbocycles. The van der Waals surface area contributed by atoms with Gasteiger partial charge in [0.15, 0.2) is 11.5 Å². The Hall–Kier alpha value is -4.06. The van der Waals surface area contributed by atoms with Gasteiger partial charge in [-0.3, -0.25) is 14.2 Å². The van der Waals surface area contributed by atoms with Crippen LogP contribution in [0.15, 0.2) is 65.5 Å². The smallest absolute Gasteiger partial charge is 0.254 e. The molecule has 0 saturated carbocycles. The van der Waals surface area contributed by atoms with E-state index in [1.165, 1.54) is 10.1 Å². The van der Waals surface area contributed by atoms with Crippen molar-refractivity contribution in [1.82, 2.24) is 4.57 Å². The summed E-state index contributed by atoms with van der Waals surface area (Å²) in [6.45, 7) is 5.96. The number of aryl methyl sites for hydroxylation is 5. The number of benzene rings is 3. The van der Waals surface area contributed by atoms with E-state index in [1.54, 1.807) is 20.3 Å². The lowest BCUT2D eigenvalue weighted by Gasteiger charge is -2.16. The van der Waals surface area contributed by atoms with E-state index in [1.807, 2.05) is 44.2 Å². The molecule has 0 unspecified atom stereocenters. The number of fused-ring (bicyclic) bond motifs is 1. The Kier molecular flexibility index (Phi) is 7.44. The van der Waals surface area contributed by atoms with Crippen LogP contribution in [0, 0.1) is 20.8 Å². The number of hydrogen-bond donors (Lipinski definition) is 1. The number of methoxy groups -OCH3 is 2. The number of ether oxygens (including phenoxy) is 2. The van der Waals surface area contributed by atoms with Crippen LogP contribution in [0.2, 0.25) is 0 Å². The fraction of sp³-hybridized carbons (Fsp3) is 0.267. The Morgan fingerprint density at radius 3 is 2.19 bits per heavy atom. The van der Waals surface area contributed by atoms with Crippen molar-refractivity contribution in [3.05, 3.63) is 98.8 Å². The highest BCUT2D eigenvalue weighted by Gasteiger charge is 2.16. The van der Waals surface area contributed by atoms with Gasteiger partial charge in [0.25, 0.3) is 5.56 Å². The zero-order valence-electron chi connectivity index (χ0n) is 21.5. The SMILES string of the molecule is COc1cc2cc(CCc3ccc(C)cc3)c(=O)n(CC(=O)Nc3ccc(C)c(C)c3)c2cc1OC. The van der Waals surface area contributed by atoms with Crippen molar-refractivity contribution < 1.29 is 14.3 Å². The third-order valence-electron chi connectivity index (χ3n) is 6.57. The van der Waals surface area contributed by atoms with Gasteiger partial charge in [-0.25, -0.2) is 0 Å². The summed E-state index contributed by atoms with van der Waals surface area (Å²) in [5.41, 5.74) is 6.38. The fourth-order valence-electron chi connectivity index (χ4n) is 4.30. The third kappa shape index (κ3) is 5.43. The number of nitrogens with one attached hydrogen (secondary N) is 1. The first kappa shape index (κ1) is 25.0. The van der Waals surface area contributed by atoms with Crippen LogP contribution in [-0.2, 0) is 24.2 Å². The second-order valence-corrected chi connectivity index (χ2v) is 9.16. The largest absolute Gasteiger partial charge is 0.493 e. The molecule has 0 fully saturated rings. The van der Waals surface area contributed by atoms with Gasteiger partial charge in [0, 0.05) is 22.7 Å². The van der Waals surface area contributed by atoms with Crippen molar-refractivity contribution >= 4 is 22.5 Å². The lowest BCUT2D eigenvalue weighted by Crippen LogP contribution is -2.30. The molecular weight excluding hydrogens is 452 g/mol. The van der Waals surface area contributed by atoms with E-state index in [-0.39, 0.29) is 18.0 Å². The van der Waals surface area contributed by atoms with Crippen molar-refractivity contribution in [2.24, 2.45) is 0 Å². The quantitative estimate of drug-likeness (QED) is 0.365. The molecule has 4 rings (SSSR count). The Balaban J connectivity index is 1.72. The number of hydrogen-bond acceptors (Lipinski definition) is 4. The van der Waals surface area contributed by atoms with Crippen LogP contribution in [0.25, 0.3) is 10.9 Å². The molecule has 4 aromatic rings. The highest BCUT2D eigenvalue weighted by atomic mass is 16.5. The molecule has 0 aliphatic heterocycles. The first-order valence-corrected chi connectivity index (χ1v) is 12.0. The van der Waals surface area contributed by atoms with Gasteiger partial charge in [0.1, 0.15) is 6.54 Å². The molecule has 0 saturated heterocycles. The predicted octanol–water partition coefficient (Wildman–Crippen LogP) is 5.37. The van der Waals surface area contributed by atoms with E-state index in [0.29, 0.717) is 34.7 Å². The number of carbonyl (C=O) groups is 1. The van der Waals surface area contributed by atoms with E-state index in [4.69, 9.17) is 9.47 Å². The Morgan fingerprint density at radius 2 is 1.53 bits per heavy atom. The number of nitrogens with zero attached hydrogens (tertiary/aromatic N) is 1. The zero-order chi connectivity index (χ0) is 25.8. The van der Waals surface area contributed by atoms with E-state index >= 15 is 0 Å². The van der Waals surface area contributed by atoms with Crippen molar-refractivity contribution in [3.8, 4) is 11.5 Å². The Morgan fingerprint density at radius 1 is 0.833 bits per heavy atom. The van der Waals surface area contributed by atoms with Gasteiger partial charge in [0.2, 0.25) is 5.91 Å². The minimum Gasteiger partial charge on any atom is -0.493 e. The standard InChI is InChI=1S/C30H32N2O4/c1-19-6-9-22(10-7-19)11-12-23-15-24-16-27(35-4)28(36-5)17-26(24)32(30(23)34)18-29(33)31-25-13-8-20(2)21(3)14-25/h6-10,13-17H,11-12,18H2,1-5H3,(H,31,33). The molecule has 0 radical (unpaired) electrons. The lowest BCUT2D eigenvalue weighted by atomic mass is 10.0. The molecule has 1 N–H and O–H groups in total. The molecule has 6 heteroatoms. The monoisotopic (exact) mass is 484 g/mol. The molecule has 6 nitrogen and oxygen atoms in total. The number of amides is 1. The first-order chi connectivity index (χ1) is 17.3. The van der Waals surface area contributed by atoms with Crippen LogP contribution in [0.5, 0.6) is 11.5 Å². The van der Waals surface area contributed by atoms with Gasteiger partial charge in [-0.05, 0) is 74.6 Å². The second kappa shape index (κ2) is 10.7. The number of aromatic nitrogens is 1. The van der Waals surface area contributed by atoms with Gasteiger partial charge in [-0.1, -0.05) is 35.9 Å². The van der Waals surface area contributed by atoms with Crippen molar-refractivity contribution in [2.75, 3.05) is 19.5 Å². The lowest BCUT2D eigenvalue weighted by molar-refractivity contribution is -0.116. The van der Waals surface area contributed by atoms with E-state index in [2.05, 4.69) is 36.5 Å². The van der Waals surface area contributed by atoms with Crippen LogP contribution in [0.1, 0.15) is 27.8 Å². The summed E-state index contributed by atoms with van der Waals surface area (Å²) in [4.78, 5) is 26.7. The summed E-state index contributed by atoms with van der Waals surface area (Å²) in [5, 5.41) is 3.74. The summed E-state index contributed by atoms with van der Waals surface area (Å²) in [6, 6.07) is 19.6. The van der Waals surface area contributed by atoms with Gasteiger partial charge < -0.3 is 14.8 Å². The fourth-order valence-corrected chi connectivity index (χ4v) is 4.30. The zero-order valence-corrected chi connectivity index (χ0v) is 21.5. The van der Waals surface area contributed by atoms with Gasteiger partial charge in [-0.2, -0.15) is 0 Å². The molecule has 186 valence electrons. The summed E-state index contributed by atoms with van der Waals surface area (Å²) in [7, 11) is 3.13. The molecule has 0 atom stereocenters. The number of rotatable bonds is 8. The number of carbonyl (C=O) groups excluding carboxylic acids is 1. The molecule has 36 heavy (non-hydrogen) atoms. The van der Waals surface area contributed by atoms with Crippen LogP contribution < -0.4 is 20.3 Å². The molecule has 1 amide bonds. The van der Waals surface area contributed by atoms with Gasteiger partial charge in [0.05, 0.1) is 19.7 Å². The minimum absolute atomic E-state index is 0.115. The van der Waals surface area contributed by atoms with Crippen molar-refractivity contribution in [3.63, 3.8) is 0 Å². The molecular formula is C30H32N2O4. The average molecular weight is 485 g/mol. The molecule has 1 heterocycles. The first-order valence-electron chi connectivity index (χ1n) is 12.0. The van der Waals surface area contributed by atoms with Crippen molar-refractivity contribution in [2.45, 2.75) is 40.2 Å². The molecule has 1 aromatic heterocycles. The maximum absolute atomic E-state index is 13.6. The summed E-state index contributed by atoms with van der Waals surface area (Å²) >= 11 is 0. The van der Waals surface area contributed by atoms with Crippen LogP contribution in [-0.4, -0.2) is 24.7 Å². The molecule has 0 spiro atoms. The van der Waals surface area contributed by atoms with E-state index < -0.39 is 0 Å². The van der Waals surface area contributed by atoms with Gasteiger partial charge in [-0.15, -0.1) is 0 Å². The van der Waals surface area contributed by atoms with Crippen molar-refractivity contribution in [1.29, 1.82) is 0 Å². The highest BCUT2D eigenvalue weighted by Crippen LogP contribution is 2.32. The Labute approximate surface area is 211 Å². The average Bonchev–Trinajstić information content (AvgIpc) is 2.87. The summed E-state index contributed by atoms with van der Waals surface area (Å²) in [5.74, 6) is 0.798. The predicted molar refractivity (Wildman–Crippen MR) is 144 cm³/mol.